The number of methoxy groups -OCH3 is 2. The molecule has 2 atom stereocenters. The van der Waals surface area contributed by atoms with Crippen LogP contribution in [0.4, 0.5) is 5.00 Å². The smallest absolute Gasteiger partial charge is 0.348 e. The van der Waals surface area contributed by atoms with Crippen molar-refractivity contribution in [3.05, 3.63) is 57.7 Å². The Morgan fingerprint density at radius 3 is 2.50 bits per heavy atom. The Kier molecular flexibility index (Phi) is 7.03. The SMILES string of the molecule is COC(=O)c1sc(NC(=O)CSc2nnc(C3CC3c3ccccc3)n2C)c(C(=O)OC)c1C. The molecule has 34 heavy (non-hydrogen) atoms. The van der Waals surface area contributed by atoms with Gasteiger partial charge in [0, 0.05) is 13.0 Å². The van der Waals surface area contributed by atoms with Crippen LogP contribution < -0.4 is 5.32 Å². The zero-order chi connectivity index (χ0) is 24.4. The minimum absolute atomic E-state index is 0.0594. The summed E-state index contributed by atoms with van der Waals surface area (Å²) < 4.78 is 11.5. The molecule has 1 aliphatic rings. The van der Waals surface area contributed by atoms with Crippen LogP contribution in [0.2, 0.25) is 0 Å². The number of hydrogen-bond donors (Lipinski definition) is 1. The normalized spacial score (nSPS) is 16.7. The van der Waals surface area contributed by atoms with E-state index in [2.05, 4.69) is 27.6 Å². The number of benzene rings is 1. The Bertz CT molecular complexity index is 1240. The Balaban J connectivity index is 1.42. The number of rotatable bonds is 8. The monoisotopic (exact) mass is 500 g/mol. The number of nitrogens with zero attached hydrogens (tertiary/aromatic N) is 3. The van der Waals surface area contributed by atoms with E-state index in [-0.39, 0.29) is 27.1 Å². The van der Waals surface area contributed by atoms with E-state index in [1.807, 2.05) is 29.8 Å². The van der Waals surface area contributed by atoms with Crippen molar-refractivity contribution in [2.24, 2.45) is 7.05 Å². The Labute approximate surface area is 204 Å². The number of thioether (sulfide) groups is 1. The molecule has 4 rings (SSSR count). The van der Waals surface area contributed by atoms with Gasteiger partial charge < -0.3 is 19.4 Å². The number of anilines is 1. The van der Waals surface area contributed by atoms with Gasteiger partial charge in [-0.3, -0.25) is 4.79 Å². The zero-order valence-corrected chi connectivity index (χ0v) is 20.8. The number of esters is 2. The van der Waals surface area contributed by atoms with Crippen LogP contribution in [0.15, 0.2) is 35.5 Å². The van der Waals surface area contributed by atoms with Gasteiger partial charge in [0.1, 0.15) is 15.7 Å². The largest absolute Gasteiger partial charge is 0.465 e. The van der Waals surface area contributed by atoms with Crippen LogP contribution in [0.3, 0.4) is 0 Å². The van der Waals surface area contributed by atoms with Crippen molar-refractivity contribution in [2.45, 2.75) is 30.3 Å². The van der Waals surface area contributed by atoms with Gasteiger partial charge in [-0.2, -0.15) is 0 Å². The van der Waals surface area contributed by atoms with Crippen molar-refractivity contribution in [2.75, 3.05) is 25.3 Å². The van der Waals surface area contributed by atoms with Crippen LogP contribution in [-0.2, 0) is 21.3 Å². The molecule has 9 nitrogen and oxygen atoms in total. The summed E-state index contributed by atoms with van der Waals surface area (Å²) in [5, 5.41) is 12.2. The highest BCUT2D eigenvalue weighted by Crippen LogP contribution is 2.54. The molecule has 0 radical (unpaired) electrons. The van der Waals surface area contributed by atoms with Crippen molar-refractivity contribution in [3.63, 3.8) is 0 Å². The number of amides is 1. The standard InChI is InChI=1S/C23H24N4O5S2/c1-12-17(21(29)31-3)20(34-18(12)22(30)32-4)24-16(28)11-33-23-26-25-19(27(23)2)15-10-14(15)13-8-6-5-7-9-13/h5-9,14-15H,10-11H2,1-4H3,(H,24,28). The van der Waals surface area contributed by atoms with E-state index in [1.165, 1.54) is 31.5 Å². The van der Waals surface area contributed by atoms with E-state index in [0.717, 1.165) is 23.6 Å². The van der Waals surface area contributed by atoms with Crippen LogP contribution in [-0.4, -0.2) is 52.6 Å². The van der Waals surface area contributed by atoms with Gasteiger partial charge in [0.15, 0.2) is 5.16 Å². The number of ether oxygens (including phenoxy) is 2. The predicted molar refractivity (Wildman–Crippen MR) is 129 cm³/mol. The van der Waals surface area contributed by atoms with Crippen molar-refractivity contribution < 1.29 is 23.9 Å². The molecular formula is C23H24N4O5S2. The Morgan fingerprint density at radius 1 is 1.12 bits per heavy atom. The summed E-state index contributed by atoms with van der Waals surface area (Å²) in [6.07, 6.45) is 1.03. The molecule has 178 valence electrons. The number of thiophene rings is 1. The summed E-state index contributed by atoms with van der Waals surface area (Å²) >= 11 is 2.23. The molecule has 1 amide bonds. The lowest BCUT2D eigenvalue weighted by Gasteiger charge is -2.06. The lowest BCUT2D eigenvalue weighted by molar-refractivity contribution is -0.113. The van der Waals surface area contributed by atoms with Gasteiger partial charge >= 0.3 is 11.9 Å². The molecule has 1 aromatic carbocycles. The Morgan fingerprint density at radius 2 is 1.82 bits per heavy atom. The molecule has 2 aromatic heterocycles. The maximum absolute atomic E-state index is 12.7. The van der Waals surface area contributed by atoms with E-state index in [4.69, 9.17) is 9.47 Å². The Hall–Kier alpha value is -3.18. The van der Waals surface area contributed by atoms with Gasteiger partial charge in [-0.05, 0) is 30.4 Å². The molecule has 1 fully saturated rings. The second-order valence-electron chi connectivity index (χ2n) is 7.84. The molecule has 1 N–H and O–H groups in total. The van der Waals surface area contributed by atoms with E-state index >= 15 is 0 Å². The van der Waals surface area contributed by atoms with Crippen molar-refractivity contribution in [1.29, 1.82) is 0 Å². The lowest BCUT2D eigenvalue weighted by Crippen LogP contribution is -2.16. The molecule has 0 aliphatic heterocycles. The second kappa shape index (κ2) is 9.98. The van der Waals surface area contributed by atoms with Gasteiger partial charge in [0.25, 0.3) is 0 Å². The highest BCUT2D eigenvalue weighted by Gasteiger charge is 2.43. The quantitative estimate of drug-likeness (QED) is 0.368. The summed E-state index contributed by atoms with van der Waals surface area (Å²) in [5.74, 6) is 0.159. The molecule has 0 bridgehead atoms. The first-order valence-electron chi connectivity index (χ1n) is 10.5. The fraction of sp³-hybridized carbons (Fsp3) is 0.348. The van der Waals surface area contributed by atoms with Gasteiger partial charge in [-0.15, -0.1) is 21.5 Å². The summed E-state index contributed by atoms with van der Waals surface area (Å²) in [5.41, 5.74) is 1.85. The summed E-state index contributed by atoms with van der Waals surface area (Å²) in [6, 6.07) is 10.3. The highest BCUT2D eigenvalue weighted by atomic mass is 32.2. The van der Waals surface area contributed by atoms with Crippen LogP contribution in [0.5, 0.6) is 0 Å². The number of carbonyl (C=O) groups excluding carboxylic acids is 3. The fourth-order valence-electron chi connectivity index (χ4n) is 3.85. The minimum Gasteiger partial charge on any atom is -0.465 e. The number of aromatic nitrogens is 3. The van der Waals surface area contributed by atoms with Gasteiger partial charge in [0.05, 0.1) is 25.5 Å². The molecule has 1 saturated carbocycles. The first kappa shape index (κ1) is 24.0. The molecular weight excluding hydrogens is 476 g/mol. The van der Waals surface area contributed by atoms with Crippen LogP contribution in [0.1, 0.15) is 55.2 Å². The van der Waals surface area contributed by atoms with Gasteiger partial charge in [-0.1, -0.05) is 42.1 Å². The van der Waals surface area contributed by atoms with E-state index in [9.17, 15) is 14.4 Å². The summed E-state index contributed by atoms with van der Waals surface area (Å²) in [7, 11) is 4.40. The molecule has 2 unspecified atom stereocenters. The third-order valence-corrected chi connectivity index (χ3v) is 7.92. The first-order valence-corrected chi connectivity index (χ1v) is 12.3. The number of hydrogen-bond acceptors (Lipinski definition) is 9. The molecule has 0 spiro atoms. The summed E-state index contributed by atoms with van der Waals surface area (Å²) in [4.78, 5) is 37.2. The van der Waals surface area contributed by atoms with E-state index in [0.29, 0.717) is 22.6 Å². The first-order chi connectivity index (χ1) is 16.3. The molecule has 3 aromatic rings. The maximum Gasteiger partial charge on any atom is 0.348 e. The molecule has 0 saturated heterocycles. The zero-order valence-electron chi connectivity index (χ0n) is 19.2. The third kappa shape index (κ3) is 4.71. The molecule has 1 aliphatic carbocycles. The second-order valence-corrected chi connectivity index (χ2v) is 9.80. The maximum atomic E-state index is 12.7. The average Bonchev–Trinajstić information content (AvgIpc) is 3.46. The van der Waals surface area contributed by atoms with E-state index < -0.39 is 11.9 Å². The van der Waals surface area contributed by atoms with Crippen molar-refractivity contribution >= 4 is 45.9 Å². The van der Waals surface area contributed by atoms with Crippen LogP contribution in [0, 0.1) is 6.92 Å². The number of nitrogens with one attached hydrogen (secondary N) is 1. The predicted octanol–water partition coefficient (Wildman–Crippen LogP) is 3.76. The van der Waals surface area contributed by atoms with Gasteiger partial charge in [0.2, 0.25) is 5.91 Å². The average molecular weight is 501 g/mol. The topological polar surface area (TPSA) is 112 Å². The van der Waals surface area contributed by atoms with E-state index in [1.54, 1.807) is 6.92 Å². The number of carbonyl (C=O) groups is 3. The van der Waals surface area contributed by atoms with Crippen molar-refractivity contribution in [1.82, 2.24) is 14.8 Å². The third-order valence-electron chi connectivity index (χ3n) is 5.71. The minimum atomic E-state index is -0.637. The highest BCUT2D eigenvalue weighted by molar-refractivity contribution is 7.99. The molecule has 2 heterocycles. The van der Waals surface area contributed by atoms with Crippen LogP contribution in [0.25, 0.3) is 0 Å². The molecule has 11 heteroatoms. The fourth-order valence-corrected chi connectivity index (χ4v) is 5.70. The van der Waals surface area contributed by atoms with Crippen LogP contribution >= 0.6 is 23.1 Å². The van der Waals surface area contributed by atoms with Gasteiger partial charge in [-0.25, -0.2) is 9.59 Å². The summed E-state index contributed by atoms with van der Waals surface area (Å²) in [6.45, 7) is 1.61. The lowest BCUT2D eigenvalue weighted by atomic mass is 10.1. The van der Waals surface area contributed by atoms with Crippen molar-refractivity contribution in [3.8, 4) is 0 Å².